The van der Waals surface area contributed by atoms with E-state index in [4.69, 9.17) is 0 Å². The maximum atomic E-state index is 12.9. The van der Waals surface area contributed by atoms with E-state index in [1.807, 2.05) is 37.3 Å². The second-order valence-corrected chi connectivity index (χ2v) is 7.97. The Morgan fingerprint density at radius 3 is 2.50 bits per heavy atom. The van der Waals surface area contributed by atoms with Crippen molar-refractivity contribution in [3.05, 3.63) is 59.7 Å². The maximum absolute atomic E-state index is 12.9. The zero-order valence-electron chi connectivity index (χ0n) is 13.7. The summed E-state index contributed by atoms with van der Waals surface area (Å²) in [7, 11) is -2.02. The third-order valence-corrected chi connectivity index (χ3v) is 6.40. The van der Waals surface area contributed by atoms with Crippen LogP contribution < -0.4 is 5.32 Å². The van der Waals surface area contributed by atoms with Crippen LogP contribution in [-0.4, -0.2) is 25.7 Å². The molecule has 2 aromatic rings. The highest BCUT2D eigenvalue weighted by Gasteiger charge is 2.27. The van der Waals surface area contributed by atoms with E-state index in [-0.39, 0.29) is 16.8 Å². The zero-order chi connectivity index (χ0) is 17.3. The lowest BCUT2D eigenvalue weighted by Gasteiger charge is -2.25. The fraction of sp³-hybridized carbons (Fsp3) is 0.278. The third-order valence-electron chi connectivity index (χ3n) is 4.48. The summed E-state index contributed by atoms with van der Waals surface area (Å²) in [5, 5.41) is 2.77. The molecular formula is C18H20N2O3S. The summed E-state index contributed by atoms with van der Waals surface area (Å²) in [6, 6.07) is 14.1. The van der Waals surface area contributed by atoms with Gasteiger partial charge in [0.05, 0.1) is 4.90 Å². The van der Waals surface area contributed by atoms with Crippen LogP contribution in [0.4, 0.5) is 5.69 Å². The van der Waals surface area contributed by atoms with Gasteiger partial charge in [-0.3, -0.25) is 4.79 Å². The normalized spacial score (nSPS) is 15.7. The predicted molar refractivity (Wildman–Crippen MR) is 93.2 cm³/mol. The summed E-state index contributed by atoms with van der Waals surface area (Å²) in [6.07, 6.45) is 0.940. The lowest BCUT2D eigenvalue weighted by Crippen LogP contribution is -2.30. The van der Waals surface area contributed by atoms with Crippen LogP contribution in [0.1, 0.15) is 30.5 Å². The van der Waals surface area contributed by atoms with Gasteiger partial charge in [-0.15, -0.1) is 0 Å². The molecule has 5 nitrogen and oxygen atoms in total. The van der Waals surface area contributed by atoms with Gasteiger partial charge in [0.15, 0.2) is 0 Å². The van der Waals surface area contributed by atoms with Crippen molar-refractivity contribution >= 4 is 21.6 Å². The Morgan fingerprint density at radius 2 is 1.79 bits per heavy atom. The number of carbonyl (C=O) groups is 1. The fourth-order valence-electron chi connectivity index (χ4n) is 2.84. The molecule has 24 heavy (non-hydrogen) atoms. The van der Waals surface area contributed by atoms with Gasteiger partial charge in [-0.25, -0.2) is 8.42 Å². The minimum Gasteiger partial charge on any atom is -0.326 e. The lowest BCUT2D eigenvalue weighted by atomic mass is 10.0. The van der Waals surface area contributed by atoms with E-state index in [0.717, 1.165) is 11.1 Å². The van der Waals surface area contributed by atoms with E-state index < -0.39 is 10.0 Å². The quantitative estimate of drug-likeness (QED) is 0.927. The SMILES string of the molecule is C[C@@H](c1ccccc1)N(C)S(=O)(=O)c1ccc2c(c1)CCC(=O)N2. The monoisotopic (exact) mass is 344 g/mol. The van der Waals surface area contributed by atoms with Gasteiger partial charge in [0, 0.05) is 25.2 Å². The topological polar surface area (TPSA) is 66.5 Å². The van der Waals surface area contributed by atoms with Crippen molar-refractivity contribution in [2.75, 3.05) is 12.4 Å². The number of aryl methyl sites for hydroxylation is 1. The van der Waals surface area contributed by atoms with E-state index in [2.05, 4.69) is 5.32 Å². The number of hydrogen-bond acceptors (Lipinski definition) is 3. The van der Waals surface area contributed by atoms with Crippen molar-refractivity contribution in [1.82, 2.24) is 4.31 Å². The molecule has 0 saturated carbocycles. The molecule has 1 aliphatic rings. The largest absolute Gasteiger partial charge is 0.326 e. The van der Waals surface area contributed by atoms with E-state index >= 15 is 0 Å². The zero-order valence-corrected chi connectivity index (χ0v) is 14.5. The number of amides is 1. The molecule has 0 radical (unpaired) electrons. The Hall–Kier alpha value is -2.18. The molecule has 1 aliphatic heterocycles. The van der Waals surface area contributed by atoms with Gasteiger partial charge in [-0.05, 0) is 42.7 Å². The van der Waals surface area contributed by atoms with Gasteiger partial charge in [0.2, 0.25) is 15.9 Å². The van der Waals surface area contributed by atoms with Crippen LogP contribution in [-0.2, 0) is 21.2 Å². The summed E-state index contributed by atoms with van der Waals surface area (Å²) >= 11 is 0. The molecule has 3 rings (SSSR count). The third kappa shape index (κ3) is 3.07. The highest BCUT2D eigenvalue weighted by molar-refractivity contribution is 7.89. The summed E-state index contributed by atoms with van der Waals surface area (Å²) < 4.78 is 27.3. The van der Waals surface area contributed by atoms with Crippen LogP contribution >= 0.6 is 0 Å². The molecule has 0 bridgehead atoms. The minimum atomic E-state index is -3.61. The highest BCUT2D eigenvalue weighted by atomic mass is 32.2. The average molecular weight is 344 g/mol. The first-order chi connectivity index (χ1) is 11.4. The van der Waals surface area contributed by atoms with Gasteiger partial charge in [0.25, 0.3) is 0 Å². The Bertz CT molecular complexity index is 863. The van der Waals surface area contributed by atoms with Crippen molar-refractivity contribution < 1.29 is 13.2 Å². The van der Waals surface area contributed by atoms with E-state index in [0.29, 0.717) is 18.5 Å². The van der Waals surface area contributed by atoms with Gasteiger partial charge < -0.3 is 5.32 Å². The van der Waals surface area contributed by atoms with Crippen molar-refractivity contribution in [2.45, 2.75) is 30.7 Å². The number of nitrogens with one attached hydrogen (secondary N) is 1. The van der Waals surface area contributed by atoms with Gasteiger partial charge in [-0.2, -0.15) is 4.31 Å². The van der Waals surface area contributed by atoms with Crippen LogP contribution in [0.15, 0.2) is 53.4 Å². The Labute approximate surface area is 142 Å². The molecule has 1 amide bonds. The van der Waals surface area contributed by atoms with Crippen LogP contribution in [0.3, 0.4) is 0 Å². The number of hydrogen-bond donors (Lipinski definition) is 1. The molecule has 1 atom stereocenters. The fourth-order valence-corrected chi connectivity index (χ4v) is 4.24. The molecule has 0 spiro atoms. The molecule has 1 heterocycles. The number of benzene rings is 2. The van der Waals surface area contributed by atoms with Crippen LogP contribution in [0.2, 0.25) is 0 Å². The predicted octanol–water partition coefficient (Wildman–Crippen LogP) is 2.95. The van der Waals surface area contributed by atoms with Crippen molar-refractivity contribution in [3.63, 3.8) is 0 Å². The Kier molecular flexibility index (Phi) is 4.43. The molecule has 0 unspecified atom stereocenters. The minimum absolute atomic E-state index is 0.0343. The molecular weight excluding hydrogens is 324 g/mol. The second kappa shape index (κ2) is 6.37. The first kappa shape index (κ1) is 16.7. The highest BCUT2D eigenvalue weighted by Crippen LogP contribution is 2.29. The number of carbonyl (C=O) groups excluding carboxylic acids is 1. The maximum Gasteiger partial charge on any atom is 0.243 e. The van der Waals surface area contributed by atoms with Crippen LogP contribution in [0.25, 0.3) is 0 Å². The summed E-state index contributed by atoms with van der Waals surface area (Å²) in [5.74, 6) is -0.0343. The lowest BCUT2D eigenvalue weighted by molar-refractivity contribution is -0.116. The molecule has 6 heteroatoms. The molecule has 0 aromatic heterocycles. The number of anilines is 1. The first-order valence-electron chi connectivity index (χ1n) is 7.85. The van der Waals surface area contributed by atoms with Gasteiger partial charge in [0.1, 0.15) is 0 Å². The molecule has 2 aromatic carbocycles. The van der Waals surface area contributed by atoms with Gasteiger partial charge in [-0.1, -0.05) is 30.3 Å². The summed E-state index contributed by atoms with van der Waals surface area (Å²) in [4.78, 5) is 11.7. The number of sulfonamides is 1. The van der Waals surface area contributed by atoms with E-state index in [1.165, 1.54) is 4.31 Å². The number of fused-ring (bicyclic) bond motifs is 1. The molecule has 1 N–H and O–H groups in total. The number of rotatable bonds is 4. The van der Waals surface area contributed by atoms with E-state index in [1.54, 1.807) is 25.2 Å². The average Bonchev–Trinajstić information content (AvgIpc) is 2.60. The molecule has 0 aliphatic carbocycles. The summed E-state index contributed by atoms with van der Waals surface area (Å²) in [6.45, 7) is 1.87. The molecule has 126 valence electrons. The molecule has 0 fully saturated rings. The van der Waals surface area contributed by atoms with Gasteiger partial charge >= 0.3 is 0 Å². The summed E-state index contributed by atoms with van der Waals surface area (Å²) in [5.41, 5.74) is 2.49. The molecule has 0 saturated heterocycles. The van der Waals surface area contributed by atoms with Crippen LogP contribution in [0, 0.1) is 0 Å². The first-order valence-corrected chi connectivity index (χ1v) is 9.29. The van der Waals surface area contributed by atoms with E-state index in [9.17, 15) is 13.2 Å². The van der Waals surface area contributed by atoms with Crippen molar-refractivity contribution in [1.29, 1.82) is 0 Å². The number of nitrogens with zero attached hydrogens (tertiary/aromatic N) is 1. The Morgan fingerprint density at radius 1 is 1.08 bits per heavy atom. The van der Waals surface area contributed by atoms with Crippen LogP contribution in [0.5, 0.6) is 0 Å². The smallest absolute Gasteiger partial charge is 0.243 e. The standard InChI is InChI=1S/C18H20N2O3S/c1-13(14-6-4-3-5-7-14)20(2)24(22,23)16-9-10-17-15(12-16)8-11-18(21)19-17/h3-7,9-10,12-13H,8,11H2,1-2H3,(H,19,21)/t13-/m0/s1. The second-order valence-electron chi connectivity index (χ2n) is 5.98. The van der Waals surface area contributed by atoms with Crippen molar-refractivity contribution in [2.24, 2.45) is 0 Å². The van der Waals surface area contributed by atoms with Crippen molar-refractivity contribution in [3.8, 4) is 0 Å². The Balaban J connectivity index is 1.91.